The topological polar surface area (TPSA) is 44.8 Å². The van der Waals surface area contributed by atoms with E-state index in [1.807, 2.05) is 35.2 Å². The summed E-state index contributed by atoms with van der Waals surface area (Å²) in [5.74, 6) is 0.797. The minimum absolute atomic E-state index is 0.0620. The van der Waals surface area contributed by atoms with Crippen molar-refractivity contribution in [2.75, 3.05) is 38.2 Å². The number of anilines is 1. The first kappa shape index (κ1) is 17.9. The highest BCUT2D eigenvalue weighted by atomic mass is 16.5. The highest BCUT2D eigenvalue weighted by Gasteiger charge is 2.20. The van der Waals surface area contributed by atoms with Gasteiger partial charge in [-0.05, 0) is 48.4 Å². The van der Waals surface area contributed by atoms with E-state index in [4.69, 9.17) is 4.74 Å². The number of rotatable bonds is 4. The number of aryl methyl sites for hydroxylation is 1. The molecule has 3 rings (SSSR count). The van der Waals surface area contributed by atoms with Crippen molar-refractivity contribution in [1.29, 1.82) is 0 Å². The summed E-state index contributed by atoms with van der Waals surface area (Å²) < 4.78 is 5.20. The standard InChI is InChI=1S/C21H25N3O2/c1-17-5-3-7-19(15-17)23-11-13-24(14-12-23)21(25)22-10-9-18-6-4-8-20(16-18)26-2/h3-10,15-16H,11-14H2,1-2H3,(H,22,25)/b10-9+. The van der Waals surface area contributed by atoms with Crippen LogP contribution in [0.3, 0.4) is 0 Å². The van der Waals surface area contributed by atoms with Gasteiger partial charge in [-0.3, -0.25) is 0 Å². The van der Waals surface area contributed by atoms with Crippen LogP contribution < -0.4 is 15.0 Å². The molecule has 0 spiro atoms. The minimum Gasteiger partial charge on any atom is -0.497 e. The smallest absolute Gasteiger partial charge is 0.321 e. The number of hydrogen-bond donors (Lipinski definition) is 1. The van der Waals surface area contributed by atoms with Crippen LogP contribution in [0.1, 0.15) is 11.1 Å². The van der Waals surface area contributed by atoms with E-state index in [1.54, 1.807) is 13.3 Å². The van der Waals surface area contributed by atoms with Gasteiger partial charge < -0.3 is 19.9 Å². The van der Waals surface area contributed by atoms with Gasteiger partial charge >= 0.3 is 6.03 Å². The lowest BCUT2D eigenvalue weighted by Crippen LogP contribution is -2.51. The Morgan fingerprint density at radius 3 is 2.58 bits per heavy atom. The molecule has 5 nitrogen and oxygen atoms in total. The van der Waals surface area contributed by atoms with Crippen LogP contribution in [0.25, 0.3) is 6.08 Å². The van der Waals surface area contributed by atoms with Crippen LogP contribution in [0.5, 0.6) is 5.75 Å². The Kier molecular flexibility index (Phi) is 5.79. The molecule has 0 saturated carbocycles. The maximum Gasteiger partial charge on any atom is 0.321 e. The SMILES string of the molecule is COc1cccc(/C=C/NC(=O)N2CCN(c3cccc(C)c3)CC2)c1. The second kappa shape index (κ2) is 8.43. The molecule has 2 aromatic rings. The molecule has 1 N–H and O–H groups in total. The number of methoxy groups -OCH3 is 1. The fourth-order valence-corrected chi connectivity index (χ4v) is 3.04. The van der Waals surface area contributed by atoms with Crippen molar-refractivity contribution in [2.45, 2.75) is 6.92 Å². The Bertz CT molecular complexity index is 780. The second-order valence-electron chi connectivity index (χ2n) is 6.37. The third-order valence-corrected chi connectivity index (χ3v) is 4.51. The Morgan fingerprint density at radius 1 is 1.08 bits per heavy atom. The molecule has 0 unspecified atom stereocenters. The van der Waals surface area contributed by atoms with Crippen LogP contribution in [0, 0.1) is 6.92 Å². The second-order valence-corrected chi connectivity index (χ2v) is 6.37. The lowest BCUT2D eigenvalue weighted by Gasteiger charge is -2.36. The first-order chi connectivity index (χ1) is 12.7. The number of piperazine rings is 1. The summed E-state index contributed by atoms with van der Waals surface area (Å²) >= 11 is 0. The van der Waals surface area contributed by atoms with E-state index in [1.165, 1.54) is 11.3 Å². The van der Waals surface area contributed by atoms with Gasteiger partial charge in [0.25, 0.3) is 0 Å². The Labute approximate surface area is 154 Å². The largest absolute Gasteiger partial charge is 0.497 e. The molecule has 26 heavy (non-hydrogen) atoms. The lowest BCUT2D eigenvalue weighted by atomic mass is 10.2. The van der Waals surface area contributed by atoms with Crippen LogP contribution in [0.2, 0.25) is 0 Å². The predicted octanol–water partition coefficient (Wildman–Crippen LogP) is 3.51. The summed E-state index contributed by atoms with van der Waals surface area (Å²) in [7, 11) is 1.64. The van der Waals surface area contributed by atoms with Crippen molar-refractivity contribution in [3.8, 4) is 5.75 Å². The van der Waals surface area contributed by atoms with Crippen LogP contribution in [-0.4, -0.2) is 44.2 Å². The van der Waals surface area contributed by atoms with Gasteiger partial charge in [0, 0.05) is 38.1 Å². The van der Waals surface area contributed by atoms with E-state index in [2.05, 4.69) is 41.4 Å². The molecule has 1 aliphatic rings. The molecule has 0 atom stereocenters. The first-order valence-electron chi connectivity index (χ1n) is 8.83. The lowest BCUT2D eigenvalue weighted by molar-refractivity contribution is 0.198. The number of carbonyl (C=O) groups excluding carboxylic acids is 1. The predicted molar refractivity (Wildman–Crippen MR) is 106 cm³/mol. The maximum atomic E-state index is 12.3. The van der Waals surface area contributed by atoms with Crippen molar-refractivity contribution >= 4 is 17.8 Å². The number of benzene rings is 2. The summed E-state index contributed by atoms with van der Waals surface area (Å²) in [6, 6.07) is 16.1. The Balaban J connectivity index is 1.50. The molecule has 2 amide bonds. The molecule has 0 radical (unpaired) electrons. The van der Waals surface area contributed by atoms with Gasteiger partial charge in [0.15, 0.2) is 0 Å². The van der Waals surface area contributed by atoms with E-state index < -0.39 is 0 Å². The monoisotopic (exact) mass is 351 g/mol. The summed E-state index contributed by atoms with van der Waals surface area (Å²) in [6.07, 6.45) is 3.55. The molecule has 0 aromatic heterocycles. The number of ether oxygens (including phenoxy) is 1. The minimum atomic E-state index is -0.0620. The molecule has 1 saturated heterocycles. The normalized spacial score (nSPS) is 14.5. The van der Waals surface area contributed by atoms with Gasteiger partial charge in [-0.2, -0.15) is 0 Å². The van der Waals surface area contributed by atoms with Gasteiger partial charge in [0.1, 0.15) is 5.75 Å². The average Bonchev–Trinajstić information content (AvgIpc) is 2.68. The van der Waals surface area contributed by atoms with Gasteiger partial charge in [-0.15, -0.1) is 0 Å². The number of carbonyl (C=O) groups is 1. The van der Waals surface area contributed by atoms with E-state index in [9.17, 15) is 4.79 Å². The zero-order valence-electron chi connectivity index (χ0n) is 15.3. The van der Waals surface area contributed by atoms with Crippen LogP contribution >= 0.6 is 0 Å². The van der Waals surface area contributed by atoms with Gasteiger partial charge in [0.2, 0.25) is 0 Å². The fourth-order valence-electron chi connectivity index (χ4n) is 3.04. The van der Waals surface area contributed by atoms with Crippen LogP contribution in [-0.2, 0) is 0 Å². The molecule has 1 aliphatic heterocycles. The summed E-state index contributed by atoms with van der Waals surface area (Å²) in [5.41, 5.74) is 3.46. The van der Waals surface area contributed by atoms with E-state index in [0.717, 1.165) is 24.4 Å². The highest BCUT2D eigenvalue weighted by Crippen LogP contribution is 2.18. The number of amides is 2. The number of nitrogens with zero attached hydrogens (tertiary/aromatic N) is 2. The average molecular weight is 351 g/mol. The molecule has 0 aliphatic carbocycles. The van der Waals surface area contributed by atoms with Crippen LogP contribution in [0.4, 0.5) is 10.5 Å². The number of urea groups is 1. The van der Waals surface area contributed by atoms with Gasteiger partial charge in [-0.25, -0.2) is 4.79 Å². The molecular formula is C21H25N3O2. The van der Waals surface area contributed by atoms with Crippen molar-refractivity contribution in [3.63, 3.8) is 0 Å². The zero-order valence-corrected chi connectivity index (χ0v) is 15.3. The molecule has 0 bridgehead atoms. The van der Waals surface area contributed by atoms with Crippen molar-refractivity contribution in [1.82, 2.24) is 10.2 Å². The van der Waals surface area contributed by atoms with E-state index in [0.29, 0.717) is 13.1 Å². The maximum absolute atomic E-state index is 12.3. The van der Waals surface area contributed by atoms with Gasteiger partial charge in [0.05, 0.1) is 7.11 Å². The third-order valence-electron chi connectivity index (χ3n) is 4.51. The summed E-state index contributed by atoms with van der Waals surface area (Å²) in [4.78, 5) is 16.5. The Morgan fingerprint density at radius 2 is 1.85 bits per heavy atom. The summed E-state index contributed by atoms with van der Waals surface area (Å²) in [5, 5.41) is 2.85. The van der Waals surface area contributed by atoms with Crippen LogP contribution in [0.15, 0.2) is 54.7 Å². The fraction of sp³-hybridized carbons (Fsp3) is 0.286. The number of nitrogens with one attached hydrogen (secondary N) is 1. The Hall–Kier alpha value is -2.95. The van der Waals surface area contributed by atoms with E-state index >= 15 is 0 Å². The first-order valence-corrected chi connectivity index (χ1v) is 8.83. The van der Waals surface area contributed by atoms with Gasteiger partial charge in [-0.1, -0.05) is 24.3 Å². The van der Waals surface area contributed by atoms with Crippen molar-refractivity contribution in [2.24, 2.45) is 0 Å². The zero-order chi connectivity index (χ0) is 18.4. The quantitative estimate of drug-likeness (QED) is 0.917. The number of hydrogen-bond acceptors (Lipinski definition) is 3. The third kappa shape index (κ3) is 4.57. The molecule has 1 fully saturated rings. The highest BCUT2D eigenvalue weighted by molar-refractivity contribution is 5.76. The molecule has 1 heterocycles. The molecule has 136 valence electrons. The van der Waals surface area contributed by atoms with Crippen molar-refractivity contribution in [3.05, 3.63) is 65.9 Å². The molecule has 5 heteroatoms. The van der Waals surface area contributed by atoms with E-state index in [-0.39, 0.29) is 6.03 Å². The van der Waals surface area contributed by atoms with Crippen molar-refractivity contribution < 1.29 is 9.53 Å². The molecule has 2 aromatic carbocycles. The molecular weight excluding hydrogens is 326 g/mol. The summed E-state index contributed by atoms with van der Waals surface area (Å²) in [6.45, 7) is 5.22.